The van der Waals surface area contributed by atoms with Crippen molar-refractivity contribution in [2.75, 3.05) is 20.3 Å². The summed E-state index contributed by atoms with van der Waals surface area (Å²) in [5.41, 5.74) is 2.90. The number of hydrazone groups is 1. The lowest BCUT2D eigenvalue weighted by atomic mass is 10.2. The van der Waals surface area contributed by atoms with Gasteiger partial charge in [-0.3, -0.25) is 4.79 Å². The van der Waals surface area contributed by atoms with E-state index in [0.29, 0.717) is 23.7 Å². The smallest absolute Gasteiger partial charge is 0.427 e. The molecule has 0 bridgehead atoms. The lowest BCUT2D eigenvalue weighted by Crippen LogP contribution is -2.44. The summed E-state index contributed by atoms with van der Waals surface area (Å²) in [7, 11) is 1.26. The fourth-order valence-electron chi connectivity index (χ4n) is 2.58. The van der Waals surface area contributed by atoms with Crippen molar-refractivity contribution >= 4 is 18.2 Å². The first-order chi connectivity index (χ1) is 12.8. The molecule has 0 aliphatic rings. The van der Waals surface area contributed by atoms with Gasteiger partial charge in [0.1, 0.15) is 0 Å². The molecule has 0 aliphatic heterocycles. The molecule has 0 aromatic heterocycles. The van der Waals surface area contributed by atoms with E-state index in [1.807, 2.05) is 34.6 Å². The Hall–Kier alpha value is -2.77. The number of nitrogens with zero attached hydrogens (tertiary/aromatic N) is 2. The molecule has 27 heavy (non-hydrogen) atoms. The third-order valence-electron chi connectivity index (χ3n) is 3.57. The molecule has 150 valence electrons. The second-order valence-electron chi connectivity index (χ2n) is 6.28. The highest BCUT2D eigenvalue weighted by atomic mass is 16.5. The monoisotopic (exact) mass is 379 g/mol. The highest BCUT2D eigenvalue weighted by Crippen LogP contribution is 2.28. The Morgan fingerprint density at radius 2 is 1.81 bits per heavy atom. The number of rotatable bonds is 9. The van der Waals surface area contributed by atoms with Crippen molar-refractivity contribution in [3.05, 3.63) is 23.8 Å². The molecule has 8 heteroatoms. The molecule has 0 saturated heterocycles. The third kappa shape index (κ3) is 7.16. The Balaban J connectivity index is 2.85. The molecule has 0 fully saturated rings. The summed E-state index contributed by atoms with van der Waals surface area (Å²) in [5, 5.41) is 3.77. The van der Waals surface area contributed by atoms with E-state index in [-0.39, 0.29) is 24.6 Å². The fourth-order valence-corrected chi connectivity index (χ4v) is 2.58. The summed E-state index contributed by atoms with van der Waals surface area (Å²) in [6.07, 6.45) is 0.794. The highest BCUT2D eigenvalue weighted by Gasteiger charge is 2.21. The number of carbonyl (C=O) groups excluding carboxylic acids is 2. The van der Waals surface area contributed by atoms with Crippen LogP contribution in [-0.4, -0.2) is 55.5 Å². The zero-order valence-electron chi connectivity index (χ0n) is 16.8. The molecule has 2 amide bonds. The molecule has 1 aromatic carbocycles. The molecule has 0 unspecified atom stereocenters. The van der Waals surface area contributed by atoms with Crippen LogP contribution >= 0.6 is 0 Å². The van der Waals surface area contributed by atoms with E-state index in [2.05, 4.69) is 15.3 Å². The number of hydrogen-bond acceptors (Lipinski definition) is 6. The van der Waals surface area contributed by atoms with Crippen molar-refractivity contribution in [3.63, 3.8) is 0 Å². The molecule has 1 rings (SSSR count). The second kappa shape index (κ2) is 11.1. The molecule has 0 radical (unpaired) electrons. The van der Waals surface area contributed by atoms with Crippen LogP contribution in [0.3, 0.4) is 0 Å². The number of benzene rings is 1. The van der Waals surface area contributed by atoms with Crippen LogP contribution in [0.1, 0.15) is 40.2 Å². The minimum absolute atomic E-state index is 0.0756. The molecule has 0 atom stereocenters. The summed E-state index contributed by atoms with van der Waals surface area (Å²) in [6.45, 7) is 10.1. The van der Waals surface area contributed by atoms with Crippen LogP contribution in [0, 0.1) is 0 Å². The largest absolute Gasteiger partial charge is 0.490 e. The topological polar surface area (TPSA) is 89.5 Å². The maximum atomic E-state index is 12.5. The molecule has 0 heterocycles. The zero-order chi connectivity index (χ0) is 20.4. The molecule has 8 nitrogen and oxygen atoms in total. The number of amides is 2. The third-order valence-corrected chi connectivity index (χ3v) is 3.57. The van der Waals surface area contributed by atoms with Crippen LogP contribution in [-0.2, 0) is 9.53 Å². The number of carbonyl (C=O) groups is 2. The van der Waals surface area contributed by atoms with Crippen molar-refractivity contribution in [1.29, 1.82) is 0 Å². The quantitative estimate of drug-likeness (QED) is 0.526. The summed E-state index contributed by atoms with van der Waals surface area (Å²) in [5.74, 6) is 0.874. The van der Waals surface area contributed by atoms with Crippen molar-refractivity contribution in [2.24, 2.45) is 5.10 Å². The van der Waals surface area contributed by atoms with E-state index in [9.17, 15) is 9.59 Å². The first-order valence-corrected chi connectivity index (χ1v) is 8.87. The average Bonchev–Trinajstić information content (AvgIpc) is 2.60. The van der Waals surface area contributed by atoms with Gasteiger partial charge in [-0.2, -0.15) is 5.10 Å². The summed E-state index contributed by atoms with van der Waals surface area (Å²) in [6, 6.07) is 5.34. The van der Waals surface area contributed by atoms with Gasteiger partial charge in [-0.25, -0.2) is 10.2 Å². The van der Waals surface area contributed by atoms with Crippen LogP contribution in [0.25, 0.3) is 0 Å². The van der Waals surface area contributed by atoms with Crippen molar-refractivity contribution < 1.29 is 23.8 Å². The van der Waals surface area contributed by atoms with Gasteiger partial charge in [0.2, 0.25) is 0 Å². The number of hydrogen-bond donors (Lipinski definition) is 1. The predicted octanol–water partition coefficient (Wildman–Crippen LogP) is 2.80. The van der Waals surface area contributed by atoms with Gasteiger partial charge in [0.15, 0.2) is 18.1 Å². The Labute approximate surface area is 160 Å². The number of ether oxygens (including phenoxy) is 3. The Bertz CT molecular complexity index is 651. The molecule has 0 spiro atoms. The molecular weight excluding hydrogens is 350 g/mol. The second-order valence-corrected chi connectivity index (χ2v) is 6.28. The van der Waals surface area contributed by atoms with Gasteiger partial charge < -0.3 is 19.1 Å². The Morgan fingerprint density at radius 1 is 1.15 bits per heavy atom. The van der Waals surface area contributed by atoms with Gasteiger partial charge in [-0.05, 0) is 58.4 Å². The summed E-state index contributed by atoms with van der Waals surface area (Å²) >= 11 is 0. The Kier molecular flexibility index (Phi) is 9.12. The van der Waals surface area contributed by atoms with Crippen LogP contribution < -0.4 is 14.9 Å². The van der Waals surface area contributed by atoms with E-state index in [1.165, 1.54) is 13.3 Å². The van der Waals surface area contributed by atoms with Crippen molar-refractivity contribution in [3.8, 4) is 11.5 Å². The molecule has 0 saturated carbocycles. The maximum Gasteiger partial charge on any atom is 0.427 e. The number of nitrogens with one attached hydrogen (secondary N) is 1. The minimum atomic E-state index is -0.658. The normalized spacial score (nSPS) is 11.0. The summed E-state index contributed by atoms with van der Waals surface area (Å²) in [4.78, 5) is 25.2. The fraction of sp³-hybridized carbons (Fsp3) is 0.526. The lowest BCUT2D eigenvalue weighted by Gasteiger charge is -2.30. The molecular formula is C19H29N3O5. The molecule has 1 aromatic rings. The zero-order valence-corrected chi connectivity index (χ0v) is 16.8. The van der Waals surface area contributed by atoms with Crippen LogP contribution in [0.15, 0.2) is 23.3 Å². The van der Waals surface area contributed by atoms with Gasteiger partial charge in [-0.1, -0.05) is 0 Å². The van der Waals surface area contributed by atoms with E-state index in [4.69, 9.17) is 9.47 Å². The minimum Gasteiger partial charge on any atom is -0.490 e. The lowest BCUT2D eigenvalue weighted by molar-refractivity contribution is -0.137. The van der Waals surface area contributed by atoms with E-state index >= 15 is 0 Å². The first-order valence-electron chi connectivity index (χ1n) is 8.87. The predicted molar refractivity (Wildman–Crippen MR) is 103 cm³/mol. The van der Waals surface area contributed by atoms with E-state index < -0.39 is 6.09 Å². The van der Waals surface area contributed by atoms with Gasteiger partial charge in [0.05, 0.1) is 19.9 Å². The van der Waals surface area contributed by atoms with Crippen LogP contribution in [0.5, 0.6) is 11.5 Å². The van der Waals surface area contributed by atoms with E-state index in [1.54, 1.807) is 23.1 Å². The number of methoxy groups -OCH3 is 1. The van der Waals surface area contributed by atoms with Gasteiger partial charge in [0, 0.05) is 12.1 Å². The maximum absolute atomic E-state index is 12.5. The highest BCUT2D eigenvalue weighted by molar-refractivity contribution is 5.82. The van der Waals surface area contributed by atoms with Crippen LogP contribution in [0.4, 0.5) is 4.79 Å². The Morgan fingerprint density at radius 3 is 2.37 bits per heavy atom. The van der Waals surface area contributed by atoms with Crippen LogP contribution in [0.2, 0.25) is 0 Å². The van der Waals surface area contributed by atoms with Gasteiger partial charge in [0.25, 0.3) is 5.91 Å². The SMILES string of the molecule is CCOc1cc(/C=N\NC(=O)OC)ccc1OCC(=O)N(C(C)C)C(C)C. The standard InChI is InChI=1S/C19H29N3O5/c1-7-26-17-10-15(11-20-21-19(24)25-6)8-9-16(17)27-12-18(23)22(13(2)3)14(4)5/h8-11,13-14H,7,12H2,1-6H3,(H,21,24)/b20-11-. The molecule has 1 N–H and O–H groups in total. The van der Waals surface area contributed by atoms with E-state index in [0.717, 1.165) is 0 Å². The van der Waals surface area contributed by atoms with Crippen molar-refractivity contribution in [2.45, 2.75) is 46.7 Å². The summed E-state index contributed by atoms with van der Waals surface area (Å²) < 4.78 is 15.7. The van der Waals surface area contributed by atoms with Gasteiger partial charge >= 0.3 is 6.09 Å². The average molecular weight is 379 g/mol. The first kappa shape index (κ1) is 22.3. The van der Waals surface area contributed by atoms with Crippen molar-refractivity contribution in [1.82, 2.24) is 10.3 Å². The van der Waals surface area contributed by atoms with Gasteiger partial charge in [-0.15, -0.1) is 0 Å². The molecule has 0 aliphatic carbocycles.